The van der Waals surface area contributed by atoms with Gasteiger partial charge in [-0.05, 0) is 23.3 Å². The number of ether oxygens (including phenoxy) is 2. The molecular formula is C23H20N2O2S. The Labute approximate surface area is 168 Å². The van der Waals surface area contributed by atoms with Crippen molar-refractivity contribution in [2.75, 3.05) is 19.5 Å². The second-order valence-electron chi connectivity index (χ2n) is 6.17. The predicted molar refractivity (Wildman–Crippen MR) is 116 cm³/mol. The van der Waals surface area contributed by atoms with E-state index in [4.69, 9.17) is 14.5 Å². The minimum Gasteiger partial charge on any atom is -0.497 e. The van der Waals surface area contributed by atoms with Crippen molar-refractivity contribution in [2.45, 2.75) is 0 Å². The van der Waals surface area contributed by atoms with Gasteiger partial charge in [-0.25, -0.2) is 4.98 Å². The van der Waals surface area contributed by atoms with Gasteiger partial charge in [0, 0.05) is 17.0 Å². The van der Waals surface area contributed by atoms with Crippen LogP contribution in [0, 0.1) is 0 Å². The van der Waals surface area contributed by atoms with Gasteiger partial charge in [0.1, 0.15) is 11.5 Å². The first kappa shape index (κ1) is 18.1. The van der Waals surface area contributed by atoms with Crippen LogP contribution in [0.25, 0.3) is 22.4 Å². The maximum atomic E-state index is 5.44. The van der Waals surface area contributed by atoms with Gasteiger partial charge in [0.2, 0.25) is 0 Å². The Morgan fingerprint density at radius 1 is 0.786 bits per heavy atom. The number of methoxy groups -OCH3 is 2. The Balaban J connectivity index is 1.53. The summed E-state index contributed by atoms with van der Waals surface area (Å²) in [5.41, 5.74) is 5.29. The average Bonchev–Trinajstić information content (AvgIpc) is 3.23. The van der Waals surface area contributed by atoms with Crippen LogP contribution in [0.1, 0.15) is 0 Å². The zero-order valence-corrected chi connectivity index (χ0v) is 16.5. The van der Waals surface area contributed by atoms with Gasteiger partial charge in [0.25, 0.3) is 0 Å². The molecule has 0 bridgehead atoms. The van der Waals surface area contributed by atoms with Gasteiger partial charge >= 0.3 is 0 Å². The second kappa shape index (κ2) is 8.15. The largest absolute Gasteiger partial charge is 0.497 e. The van der Waals surface area contributed by atoms with Crippen LogP contribution in [0.15, 0.2) is 78.2 Å². The number of nitrogens with one attached hydrogen (secondary N) is 1. The number of hydrogen-bond donors (Lipinski definition) is 1. The highest BCUT2D eigenvalue weighted by Gasteiger charge is 2.09. The number of thiazole rings is 1. The summed E-state index contributed by atoms with van der Waals surface area (Å²) in [7, 11) is 3.28. The monoisotopic (exact) mass is 388 g/mol. The van der Waals surface area contributed by atoms with Crippen LogP contribution >= 0.6 is 11.3 Å². The second-order valence-corrected chi connectivity index (χ2v) is 7.03. The molecule has 140 valence electrons. The van der Waals surface area contributed by atoms with E-state index in [9.17, 15) is 0 Å². The smallest absolute Gasteiger partial charge is 0.187 e. The van der Waals surface area contributed by atoms with Crippen molar-refractivity contribution >= 4 is 22.2 Å². The molecule has 3 aromatic carbocycles. The molecular weight excluding hydrogens is 368 g/mol. The number of benzene rings is 3. The maximum Gasteiger partial charge on any atom is 0.187 e. The first-order valence-electron chi connectivity index (χ1n) is 8.87. The molecule has 0 fully saturated rings. The van der Waals surface area contributed by atoms with E-state index in [1.165, 1.54) is 11.1 Å². The molecule has 28 heavy (non-hydrogen) atoms. The molecule has 0 aliphatic carbocycles. The molecule has 0 aliphatic heterocycles. The lowest BCUT2D eigenvalue weighted by Gasteiger charge is -2.10. The van der Waals surface area contributed by atoms with Crippen molar-refractivity contribution in [3.8, 4) is 33.9 Å². The van der Waals surface area contributed by atoms with Crippen LogP contribution in [0.5, 0.6) is 11.5 Å². The molecule has 0 amide bonds. The predicted octanol–water partition coefficient (Wildman–Crippen LogP) is 6.24. The molecule has 0 radical (unpaired) electrons. The molecule has 0 saturated heterocycles. The highest BCUT2D eigenvalue weighted by atomic mass is 32.1. The fourth-order valence-corrected chi connectivity index (χ4v) is 3.68. The minimum absolute atomic E-state index is 0.711. The van der Waals surface area contributed by atoms with E-state index in [2.05, 4.69) is 59.2 Å². The molecule has 0 atom stereocenters. The number of rotatable bonds is 6. The van der Waals surface area contributed by atoms with Crippen molar-refractivity contribution < 1.29 is 9.47 Å². The first-order chi connectivity index (χ1) is 13.8. The van der Waals surface area contributed by atoms with E-state index in [0.29, 0.717) is 5.75 Å². The molecule has 1 N–H and O–H groups in total. The SMILES string of the molecule is COc1ccc(Nc2nc(-c3ccc(-c4ccccc4)cc3)cs2)c(OC)c1. The molecule has 4 rings (SSSR count). The standard InChI is InChI=1S/C23H20N2O2S/c1-26-19-12-13-20(22(14-19)27-2)24-23-25-21(15-28-23)18-10-8-17(9-11-18)16-6-4-3-5-7-16/h3-15H,1-2H3,(H,24,25). The molecule has 0 spiro atoms. The Kier molecular flexibility index (Phi) is 5.26. The third kappa shape index (κ3) is 3.85. The summed E-state index contributed by atoms with van der Waals surface area (Å²) in [4.78, 5) is 4.72. The van der Waals surface area contributed by atoms with Gasteiger partial charge < -0.3 is 14.8 Å². The van der Waals surface area contributed by atoms with Crippen molar-refractivity contribution in [3.05, 3.63) is 78.2 Å². The molecule has 1 aromatic heterocycles. The summed E-state index contributed by atoms with van der Waals surface area (Å²) < 4.78 is 10.7. The number of hydrogen-bond acceptors (Lipinski definition) is 5. The fraction of sp³-hybridized carbons (Fsp3) is 0.0870. The van der Waals surface area contributed by atoms with E-state index >= 15 is 0 Å². The summed E-state index contributed by atoms with van der Waals surface area (Å²) in [6.07, 6.45) is 0. The van der Waals surface area contributed by atoms with Crippen LogP contribution < -0.4 is 14.8 Å². The van der Waals surface area contributed by atoms with Crippen LogP contribution in [0.2, 0.25) is 0 Å². The highest BCUT2D eigenvalue weighted by molar-refractivity contribution is 7.14. The Morgan fingerprint density at radius 3 is 2.21 bits per heavy atom. The summed E-state index contributed by atoms with van der Waals surface area (Å²) in [6, 6.07) is 24.5. The normalized spacial score (nSPS) is 10.5. The fourth-order valence-electron chi connectivity index (χ4n) is 2.94. The van der Waals surface area contributed by atoms with Crippen LogP contribution in [-0.2, 0) is 0 Å². The van der Waals surface area contributed by atoms with Crippen molar-refractivity contribution in [2.24, 2.45) is 0 Å². The number of anilines is 2. The molecule has 4 nitrogen and oxygen atoms in total. The number of aromatic nitrogens is 1. The van der Waals surface area contributed by atoms with Crippen LogP contribution in [-0.4, -0.2) is 19.2 Å². The lowest BCUT2D eigenvalue weighted by molar-refractivity contribution is 0.395. The quantitative estimate of drug-likeness (QED) is 0.425. The minimum atomic E-state index is 0.711. The van der Waals surface area contributed by atoms with Gasteiger partial charge in [0.05, 0.1) is 25.6 Å². The Bertz CT molecular complexity index is 1060. The average molecular weight is 388 g/mol. The molecule has 0 aliphatic rings. The third-order valence-electron chi connectivity index (χ3n) is 4.44. The van der Waals surface area contributed by atoms with Gasteiger partial charge in [0.15, 0.2) is 5.13 Å². The number of nitrogens with zero attached hydrogens (tertiary/aromatic N) is 1. The van der Waals surface area contributed by atoms with E-state index in [-0.39, 0.29) is 0 Å². The summed E-state index contributed by atoms with van der Waals surface area (Å²) in [6.45, 7) is 0. The molecule has 5 heteroatoms. The van der Waals surface area contributed by atoms with E-state index in [1.54, 1.807) is 25.6 Å². The Hall–Kier alpha value is -3.31. The molecule has 0 saturated carbocycles. The summed E-state index contributed by atoms with van der Waals surface area (Å²) >= 11 is 1.56. The van der Waals surface area contributed by atoms with Crippen LogP contribution in [0.4, 0.5) is 10.8 Å². The van der Waals surface area contributed by atoms with Crippen molar-refractivity contribution in [1.82, 2.24) is 4.98 Å². The highest BCUT2D eigenvalue weighted by Crippen LogP contribution is 2.34. The van der Waals surface area contributed by atoms with Gasteiger partial charge in [-0.1, -0.05) is 54.6 Å². The topological polar surface area (TPSA) is 43.4 Å². The van der Waals surface area contributed by atoms with E-state index < -0.39 is 0 Å². The first-order valence-corrected chi connectivity index (χ1v) is 9.75. The van der Waals surface area contributed by atoms with E-state index in [0.717, 1.165) is 27.8 Å². The summed E-state index contributed by atoms with van der Waals surface area (Å²) in [5.74, 6) is 1.46. The lowest BCUT2D eigenvalue weighted by Crippen LogP contribution is -1.95. The molecule has 1 heterocycles. The Morgan fingerprint density at radius 2 is 1.50 bits per heavy atom. The van der Waals surface area contributed by atoms with E-state index in [1.807, 2.05) is 24.3 Å². The maximum absolute atomic E-state index is 5.44. The molecule has 0 unspecified atom stereocenters. The zero-order valence-electron chi connectivity index (χ0n) is 15.7. The molecule has 4 aromatic rings. The van der Waals surface area contributed by atoms with Crippen LogP contribution in [0.3, 0.4) is 0 Å². The van der Waals surface area contributed by atoms with Gasteiger partial charge in [-0.3, -0.25) is 0 Å². The summed E-state index contributed by atoms with van der Waals surface area (Å²) in [5, 5.41) is 6.19. The third-order valence-corrected chi connectivity index (χ3v) is 5.20. The van der Waals surface area contributed by atoms with Crippen molar-refractivity contribution in [3.63, 3.8) is 0 Å². The van der Waals surface area contributed by atoms with Gasteiger partial charge in [-0.2, -0.15) is 0 Å². The zero-order chi connectivity index (χ0) is 19.3. The van der Waals surface area contributed by atoms with Crippen molar-refractivity contribution in [1.29, 1.82) is 0 Å². The lowest BCUT2D eigenvalue weighted by atomic mass is 10.0. The van der Waals surface area contributed by atoms with Gasteiger partial charge in [-0.15, -0.1) is 11.3 Å².